The number of fused-ring (bicyclic) bond motifs is 1. The van der Waals surface area contributed by atoms with Crippen molar-refractivity contribution in [2.45, 2.75) is 95.9 Å². The summed E-state index contributed by atoms with van der Waals surface area (Å²) >= 11 is 6.08. The third kappa shape index (κ3) is 9.22. The Balaban J connectivity index is 1.51. The van der Waals surface area contributed by atoms with Crippen molar-refractivity contribution in [2.75, 3.05) is 13.1 Å². The Morgan fingerprint density at radius 1 is 1.04 bits per heavy atom. The Bertz CT molecular complexity index is 1350. The van der Waals surface area contributed by atoms with Crippen LogP contribution in [0.5, 0.6) is 0 Å². The minimum atomic E-state index is -4.31. The highest BCUT2D eigenvalue weighted by atomic mass is 35.5. The molecule has 1 heterocycles. The van der Waals surface area contributed by atoms with E-state index in [-0.39, 0.29) is 62.9 Å². The molecule has 7 nitrogen and oxygen atoms in total. The second-order valence-corrected chi connectivity index (χ2v) is 14.0. The molecular formula is C34H44ClF3N4O3. The maximum absolute atomic E-state index is 14.0. The fraction of sp³-hybridized carbons (Fsp3) is 0.559. The number of nitrogens with two attached hydrogens (primary N) is 1. The summed E-state index contributed by atoms with van der Waals surface area (Å²) in [6.07, 6.45) is -3.45. The van der Waals surface area contributed by atoms with E-state index >= 15 is 0 Å². The second-order valence-electron chi connectivity index (χ2n) is 13.5. The van der Waals surface area contributed by atoms with Gasteiger partial charge in [0.25, 0.3) is 0 Å². The van der Waals surface area contributed by atoms with Crippen molar-refractivity contribution in [1.82, 2.24) is 15.5 Å². The highest BCUT2D eigenvalue weighted by molar-refractivity contribution is 6.30. The van der Waals surface area contributed by atoms with E-state index in [0.717, 1.165) is 16.7 Å². The average Bonchev–Trinajstić information content (AvgIpc) is 2.96. The summed E-state index contributed by atoms with van der Waals surface area (Å²) in [6, 6.07) is 13.4. The number of carbonyl (C=O) groups is 3. The lowest BCUT2D eigenvalue weighted by atomic mass is 9.73. The first-order valence-electron chi connectivity index (χ1n) is 15.6. The van der Waals surface area contributed by atoms with Crippen molar-refractivity contribution in [3.8, 4) is 0 Å². The number of piperidine rings is 1. The van der Waals surface area contributed by atoms with E-state index in [9.17, 15) is 27.6 Å². The Labute approximate surface area is 268 Å². The molecule has 0 bridgehead atoms. The summed E-state index contributed by atoms with van der Waals surface area (Å²) in [6.45, 7) is 5.85. The zero-order valence-electron chi connectivity index (χ0n) is 26.2. The molecule has 0 saturated carbocycles. The van der Waals surface area contributed by atoms with Crippen LogP contribution in [-0.2, 0) is 27.2 Å². The van der Waals surface area contributed by atoms with E-state index in [1.54, 1.807) is 29.2 Å². The lowest BCUT2D eigenvalue weighted by molar-refractivity contribution is -0.147. The quantitative estimate of drug-likeness (QED) is 0.316. The summed E-state index contributed by atoms with van der Waals surface area (Å²) in [5.74, 6) is -1.40. The van der Waals surface area contributed by atoms with Gasteiger partial charge < -0.3 is 21.3 Å². The molecule has 2 aromatic carbocycles. The van der Waals surface area contributed by atoms with Crippen molar-refractivity contribution in [2.24, 2.45) is 17.1 Å². The molecule has 0 aromatic heterocycles. The van der Waals surface area contributed by atoms with Gasteiger partial charge in [-0.1, -0.05) is 48.0 Å². The van der Waals surface area contributed by atoms with E-state index < -0.39 is 41.6 Å². The Hall–Kier alpha value is -3.11. The van der Waals surface area contributed by atoms with Crippen LogP contribution in [0.4, 0.5) is 13.2 Å². The molecule has 3 atom stereocenters. The van der Waals surface area contributed by atoms with E-state index in [1.807, 2.05) is 45.0 Å². The van der Waals surface area contributed by atoms with Crippen LogP contribution >= 0.6 is 11.6 Å². The number of aryl methyl sites for hydroxylation is 1. The molecular weight excluding hydrogens is 605 g/mol. The molecule has 4 rings (SSSR count). The zero-order chi connectivity index (χ0) is 33.0. The Morgan fingerprint density at radius 3 is 2.31 bits per heavy atom. The summed E-state index contributed by atoms with van der Waals surface area (Å²) in [5.41, 5.74) is 7.81. The SMILES string of the molecule is CC(C)(C)NC(=O)C1(CCCC(F)(F)F)CCN(C(=O)[C@@H](Cc2ccc(Cl)cc2)NC(=O)C2CCc3ccccc3C2N)CC1. The van der Waals surface area contributed by atoms with Gasteiger partial charge in [-0.15, -0.1) is 0 Å². The number of halogens is 4. The van der Waals surface area contributed by atoms with Crippen molar-refractivity contribution in [1.29, 1.82) is 0 Å². The number of nitrogens with one attached hydrogen (secondary N) is 2. The number of carbonyl (C=O) groups excluding carboxylic acids is 3. The smallest absolute Gasteiger partial charge is 0.351 e. The average molecular weight is 649 g/mol. The summed E-state index contributed by atoms with van der Waals surface area (Å²) in [7, 11) is 0. The van der Waals surface area contributed by atoms with E-state index in [0.29, 0.717) is 17.9 Å². The fourth-order valence-electron chi connectivity index (χ4n) is 6.49. The van der Waals surface area contributed by atoms with Crippen molar-refractivity contribution in [3.05, 3.63) is 70.2 Å². The topological polar surface area (TPSA) is 105 Å². The van der Waals surface area contributed by atoms with Crippen LogP contribution in [0, 0.1) is 11.3 Å². The molecule has 0 spiro atoms. The van der Waals surface area contributed by atoms with Crippen LogP contribution < -0.4 is 16.4 Å². The number of hydrogen-bond acceptors (Lipinski definition) is 4. The Kier molecular flexibility index (Phi) is 10.9. The molecule has 2 unspecified atom stereocenters. The van der Waals surface area contributed by atoms with Crippen LogP contribution in [0.3, 0.4) is 0 Å². The molecule has 1 fully saturated rings. The summed E-state index contributed by atoms with van der Waals surface area (Å²) < 4.78 is 39.0. The van der Waals surface area contributed by atoms with Gasteiger partial charge in [-0.05, 0) is 88.1 Å². The molecule has 4 N–H and O–H groups in total. The molecule has 45 heavy (non-hydrogen) atoms. The zero-order valence-corrected chi connectivity index (χ0v) is 26.9. The van der Waals surface area contributed by atoms with Crippen molar-refractivity contribution in [3.63, 3.8) is 0 Å². The largest absolute Gasteiger partial charge is 0.389 e. The molecule has 2 aliphatic rings. The highest BCUT2D eigenvalue weighted by Gasteiger charge is 2.45. The third-order valence-electron chi connectivity index (χ3n) is 8.99. The maximum atomic E-state index is 14.0. The highest BCUT2D eigenvalue weighted by Crippen LogP contribution is 2.39. The van der Waals surface area contributed by atoms with Crippen molar-refractivity contribution >= 4 is 29.3 Å². The number of hydrogen-bond donors (Lipinski definition) is 3. The molecule has 1 aliphatic heterocycles. The maximum Gasteiger partial charge on any atom is 0.389 e. The fourth-order valence-corrected chi connectivity index (χ4v) is 6.62. The van der Waals surface area contributed by atoms with Crippen molar-refractivity contribution < 1.29 is 27.6 Å². The number of rotatable bonds is 9. The number of nitrogens with zero attached hydrogens (tertiary/aromatic N) is 1. The number of amides is 3. The van der Waals surface area contributed by atoms with Crippen LogP contribution in [0.15, 0.2) is 48.5 Å². The van der Waals surface area contributed by atoms with Gasteiger partial charge in [-0.25, -0.2) is 0 Å². The predicted molar refractivity (Wildman–Crippen MR) is 168 cm³/mol. The number of likely N-dealkylation sites (tertiary alicyclic amines) is 1. The lowest BCUT2D eigenvalue weighted by Crippen LogP contribution is -2.57. The van der Waals surface area contributed by atoms with E-state index in [2.05, 4.69) is 10.6 Å². The van der Waals surface area contributed by atoms with Crippen LogP contribution in [0.1, 0.15) is 82.0 Å². The van der Waals surface area contributed by atoms with Gasteiger partial charge in [-0.3, -0.25) is 14.4 Å². The molecule has 1 saturated heterocycles. The van der Waals surface area contributed by atoms with Gasteiger partial charge in [0.1, 0.15) is 6.04 Å². The van der Waals surface area contributed by atoms with Gasteiger partial charge in [0.15, 0.2) is 0 Å². The molecule has 2 aromatic rings. The van der Waals surface area contributed by atoms with Gasteiger partial charge in [0.05, 0.1) is 11.3 Å². The van der Waals surface area contributed by atoms with Gasteiger partial charge >= 0.3 is 6.18 Å². The van der Waals surface area contributed by atoms with Gasteiger partial charge in [-0.2, -0.15) is 13.2 Å². The van der Waals surface area contributed by atoms with E-state index in [1.165, 1.54) is 0 Å². The van der Waals surface area contributed by atoms with Crippen LogP contribution in [0.25, 0.3) is 0 Å². The summed E-state index contributed by atoms with van der Waals surface area (Å²) in [4.78, 5) is 42.7. The normalized spacial score (nSPS) is 20.6. The molecule has 0 radical (unpaired) electrons. The standard InChI is InChI=1S/C34H44ClF3N4O3/c1-32(2,3)41-31(45)33(15-6-16-34(36,37)38)17-19-42(20-18-33)30(44)27(21-22-9-12-24(35)13-10-22)40-29(43)26-14-11-23-7-4-5-8-25(23)28(26)39/h4-5,7-10,12-13,26-28H,6,11,14-21,39H2,1-3H3,(H,40,43)(H,41,45)/t26?,27-,28?/m1/s1. The lowest BCUT2D eigenvalue weighted by Gasteiger charge is -2.43. The first-order chi connectivity index (χ1) is 21.1. The molecule has 246 valence electrons. The van der Waals surface area contributed by atoms with Gasteiger partial charge in [0.2, 0.25) is 17.7 Å². The monoisotopic (exact) mass is 648 g/mol. The second kappa shape index (κ2) is 14.1. The number of alkyl halides is 3. The molecule has 3 amide bonds. The number of benzene rings is 2. The minimum absolute atomic E-state index is 0.0719. The van der Waals surface area contributed by atoms with Crippen LogP contribution in [-0.4, -0.2) is 53.5 Å². The van der Waals surface area contributed by atoms with Crippen LogP contribution in [0.2, 0.25) is 5.02 Å². The minimum Gasteiger partial charge on any atom is -0.351 e. The summed E-state index contributed by atoms with van der Waals surface area (Å²) in [5, 5.41) is 6.48. The third-order valence-corrected chi connectivity index (χ3v) is 9.25. The van der Waals surface area contributed by atoms with Gasteiger partial charge in [0, 0.05) is 42.5 Å². The first kappa shape index (κ1) is 34.8. The first-order valence-corrected chi connectivity index (χ1v) is 16.0. The molecule has 11 heteroatoms. The Morgan fingerprint density at radius 2 is 1.69 bits per heavy atom. The predicted octanol–water partition coefficient (Wildman–Crippen LogP) is 5.89. The van der Waals surface area contributed by atoms with E-state index in [4.69, 9.17) is 17.3 Å². The molecule has 1 aliphatic carbocycles.